The first-order valence-corrected chi connectivity index (χ1v) is 8.18. The summed E-state index contributed by atoms with van der Waals surface area (Å²) in [6.07, 6.45) is 1.96. The van der Waals surface area contributed by atoms with E-state index < -0.39 is 5.97 Å². The van der Waals surface area contributed by atoms with Gasteiger partial charge in [0.25, 0.3) is 5.91 Å². The minimum absolute atomic E-state index is 0.0419. The zero-order chi connectivity index (χ0) is 16.2. The van der Waals surface area contributed by atoms with Gasteiger partial charge < -0.3 is 14.8 Å². The third kappa shape index (κ3) is 3.86. The van der Waals surface area contributed by atoms with Crippen molar-refractivity contribution in [3.8, 4) is 0 Å². The zero-order valence-corrected chi connectivity index (χ0v) is 13.2. The lowest BCUT2D eigenvalue weighted by atomic mass is 10.2. The summed E-state index contributed by atoms with van der Waals surface area (Å²) in [5.41, 5.74) is 0. The van der Waals surface area contributed by atoms with Crippen LogP contribution in [0.15, 0.2) is 24.3 Å². The van der Waals surface area contributed by atoms with Crippen molar-refractivity contribution >= 4 is 33.3 Å². The van der Waals surface area contributed by atoms with Crippen LogP contribution in [0.25, 0.3) is 10.1 Å². The fourth-order valence-corrected chi connectivity index (χ4v) is 3.38. The molecule has 1 atom stereocenters. The standard InChI is InChI=1S/C16H16FNO4S/c17-12-4-1-5-13-11(12)7-14(23-13)16(20)22-9-15(19)18-8-10-3-2-6-21-10/h1,4-5,7,10H,2-3,6,8-9H2,(H,18,19). The molecule has 0 bridgehead atoms. The van der Waals surface area contributed by atoms with Crippen LogP contribution in [-0.4, -0.2) is 37.7 Å². The summed E-state index contributed by atoms with van der Waals surface area (Å²) < 4.78 is 24.6. The Kier molecular flexibility index (Phi) is 4.88. The van der Waals surface area contributed by atoms with Gasteiger partial charge in [0.1, 0.15) is 10.7 Å². The average Bonchev–Trinajstić information content (AvgIpc) is 3.20. The van der Waals surface area contributed by atoms with E-state index in [4.69, 9.17) is 9.47 Å². The molecule has 1 N–H and O–H groups in total. The van der Waals surface area contributed by atoms with E-state index in [0.717, 1.165) is 30.8 Å². The summed E-state index contributed by atoms with van der Waals surface area (Å²) >= 11 is 1.14. The Morgan fingerprint density at radius 2 is 2.30 bits per heavy atom. The molecule has 1 aromatic carbocycles. The number of ether oxygens (including phenoxy) is 2. The quantitative estimate of drug-likeness (QED) is 0.852. The lowest BCUT2D eigenvalue weighted by Crippen LogP contribution is -2.34. The second-order valence-electron chi connectivity index (χ2n) is 5.28. The number of carbonyl (C=O) groups excluding carboxylic acids is 2. The van der Waals surface area contributed by atoms with Crippen molar-refractivity contribution in [2.24, 2.45) is 0 Å². The third-order valence-corrected chi connectivity index (χ3v) is 4.68. The van der Waals surface area contributed by atoms with Crippen molar-refractivity contribution < 1.29 is 23.5 Å². The predicted molar refractivity (Wildman–Crippen MR) is 84.0 cm³/mol. The van der Waals surface area contributed by atoms with Crippen LogP contribution in [0.3, 0.4) is 0 Å². The highest BCUT2D eigenvalue weighted by Gasteiger charge is 2.18. The first-order valence-electron chi connectivity index (χ1n) is 7.37. The summed E-state index contributed by atoms with van der Waals surface area (Å²) in [5.74, 6) is -1.38. The van der Waals surface area contributed by atoms with E-state index in [1.165, 1.54) is 12.1 Å². The van der Waals surface area contributed by atoms with E-state index >= 15 is 0 Å². The number of rotatable bonds is 5. The Morgan fingerprint density at radius 3 is 3.04 bits per heavy atom. The number of halogens is 1. The number of thiophene rings is 1. The maximum atomic E-state index is 13.6. The Balaban J connectivity index is 1.51. The van der Waals surface area contributed by atoms with Crippen LogP contribution < -0.4 is 5.32 Å². The second-order valence-corrected chi connectivity index (χ2v) is 6.36. The van der Waals surface area contributed by atoms with Crippen LogP contribution in [0.1, 0.15) is 22.5 Å². The molecule has 1 saturated heterocycles. The monoisotopic (exact) mass is 337 g/mol. The van der Waals surface area contributed by atoms with Gasteiger partial charge in [-0.15, -0.1) is 11.3 Å². The number of carbonyl (C=O) groups is 2. The summed E-state index contributed by atoms with van der Waals surface area (Å²) in [4.78, 5) is 23.9. The molecule has 2 aromatic rings. The predicted octanol–water partition coefficient (Wildman–Crippen LogP) is 2.49. The SMILES string of the molecule is O=C(COC(=O)c1cc2c(F)cccc2s1)NCC1CCCO1. The number of nitrogens with one attached hydrogen (secondary N) is 1. The summed E-state index contributed by atoms with van der Waals surface area (Å²) in [6, 6.07) is 6.10. The van der Waals surface area contributed by atoms with Gasteiger partial charge in [0.05, 0.1) is 6.10 Å². The molecule has 0 aliphatic carbocycles. The van der Waals surface area contributed by atoms with Crippen molar-refractivity contribution in [1.82, 2.24) is 5.32 Å². The summed E-state index contributed by atoms with van der Waals surface area (Å²) in [5, 5.41) is 3.05. The second kappa shape index (κ2) is 7.06. The Morgan fingerprint density at radius 1 is 1.43 bits per heavy atom. The molecule has 5 nitrogen and oxygen atoms in total. The number of benzene rings is 1. The Labute approximate surface area is 136 Å². The van der Waals surface area contributed by atoms with Crippen molar-refractivity contribution in [3.63, 3.8) is 0 Å². The van der Waals surface area contributed by atoms with E-state index in [-0.39, 0.29) is 29.3 Å². The molecule has 0 spiro atoms. The van der Waals surface area contributed by atoms with Gasteiger partial charge in [-0.2, -0.15) is 0 Å². The molecule has 0 saturated carbocycles. The van der Waals surface area contributed by atoms with Crippen molar-refractivity contribution in [2.75, 3.05) is 19.8 Å². The van der Waals surface area contributed by atoms with Crippen LogP contribution in [-0.2, 0) is 14.3 Å². The zero-order valence-electron chi connectivity index (χ0n) is 12.3. The molecule has 1 aliphatic heterocycles. The molecular weight excluding hydrogens is 321 g/mol. The van der Waals surface area contributed by atoms with Gasteiger partial charge in [-0.05, 0) is 31.0 Å². The van der Waals surface area contributed by atoms with Gasteiger partial charge in [-0.1, -0.05) is 6.07 Å². The minimum Gasteiger partial charge on any atom is -0.451 e. The molecule has 1 aromatic heterocycles. The first kappa shape index (κ1) is 15.9. The molecule has 1 amide bonds. The van der Waals surface area contributed by atoms with Crippen LogP contribution >= 0.6 is 11.3 Å². The molecule has 122 valence electrons. The number of hydrogen-bond donors (Lipinski definition) is 1. The molecule has 1 fully saturated rings. The molecule has 2 heterocycles. The highest BCUT2D eigenvalue weighted by Crippen LogP contribution is 2.28. The molecule has 7 heteroatoms. The molecular formula is C16H16FNO4S. The van der Waals surface area contributed by atoms with Gasteiger partial charge >= 0.3 is 5.97 Å². The first-order chi connectivity index (χ1) is 11.1. The van der Waals surface area contributed by atoms with Crippen LogP contribution in [0, 0.1) is 5.82 Å². The molecule has 1 unspecified atom stereocenters. The molecule has 23 heavy (non-hydrogen) atoms. The van der Waals surface area contributed by atoms with E-state index in [9.17, 15) is 14.0 Å². The van der Waals surface area contributed by atoms with E-state index in [1.54, 1.807) is 12.1 Å². The lowest BCUT2D eigenvalue weighted by molar-refractivity contribution is -0.124. The lowest BCUT2D eigenvalue weighted by Gasteiger charge is -2.10. The topological polar surface area (TPSA) is 64.6 Å². The highest BCUT2D eigenvalue weighted by molar-refractivity contribution is 7.20. The smallest absolute Gasteiger partial charge is 0.348 e. The highest BCUT2D eigenvalue weighted by atomic mass is 32.1. The number of fused-ring (bicyclic) bond motifs is 1. The Bertz CT molecular complexity index is 724. The maximum Gasteiger partial charge on any atom is 0.348 e. The van der Waals surface area contributed by atoms with E-state index in [0.29, 0.717) is 16.6 Å². The fourth-order valence-electron chi connectivity index (χ4n) is 2.41. The average molecular weight is 337 g/mol. The molecule has 0 radical (unpaired) electrons. The van der Waals surface area contributed by atoms with Crippen LogP contribution in [0.5, 0.6) is 0 Å². The Hall–Kier alpha value is -1.99. The normalized spacial score (nSPS) is 17.3. The van der Waals surface area contributed by atoms with Gasteiger partial charge in [-0.3, -0.25) is 4.79 Å². The number of hydrogen-bond acceptors (Lipinski definition) is 5. The summed E-state index contributed by atoms with van der Waals surface area (Å²) in [7, 11) is 0. The largest absolute Gasteiger partial charge is 0.451 e. The van der Waals surface area contributed by atoms with E-state index in [1.807, 2.05) is 0 Å². The van der Waals surface area contributed by atoms with Crippen LogP contribution in [0.4, 0.5) is 4.39 Å². The minimum atomic E-state index is -0.627. The number of esters is 1. The van der Waals surface area contributed by atoms with Crippen LogP contribution in [0.2, 0.25) is 0 Å². The molecule has 1 aliphatic rings. The van der Waals surface area contributed by atoms with Gasteiger partial charge in [-0.25, -0.2) is 9.18 Å². The van der Waals surface area contributed by atoms with Gasteiger partial charge in [0, 0.05) is 23.2 Å². The third-order valence-electron chi connectivity index (χ3n) is 3.59. The van der Waals surface area contributed by atoms with Crippen molar-refractivity contribution in [1.29, 1.82) is 0 Å². The van der Waals surface area contributed by atoms with Crippen molar-refractivity contribution in [2.45, 2.75) is 18.9 Å². The van der Waals surface area contributed by atoms with Gasteiger partial charge in [0.2, 0.25) is 0 Å². The summed E-state index contributed by atoms with van der Waals surface area (Å²) in [6.45, 7) is 0.783. The van der Waals surface area contributed by atoms with E-state index in [2.05, 4.69) is 5.32 Å². The van der Waals surface area contributed by atoms with Crippen molar-refractivity contribution in [3.05, 3.63) is 35.0 Å². The van der Waals surface area contributed by atoms with Gasteiger partial charge in [0.15, 0.2) is 6.61 Å². The fraction of sp³-hybridized carbons (Fsp3) is 0.375. The number of amides is 1. The maximum absolute atomic E-state index is 13.6. The molecule has 3 rings (SSSR count).